The molecule has 5 rings (SSSR count). The summed E-state index contributed by atoms with van der Waals surface area (Å²) in [5.41, 5.74) is 3.20. The minimum Gasteiger partial charge on any atom is -0.355 e. The maximum atomic E-state index is 12.9. The fourth-order valence-corrected chi connectivity index (χ4v) is 4.41. The SMILES string of the molecule is Cc1ccc(CNC(=O)[C@@H]2CCCN(c3ncccc3-c3noc(C4CCC4)n3)C2)cc1. The smallest absolute Gasteiger partial charge is 0.230 e. The van der Waals surface area contributed by atoms with Crippen LogP contribution < -0.4 is 10.2 Å². The van der Waals surface area contributed by atoms with Gasteiger partial charge in [-0.3, -0.25) is 4.79 Å². The van der Waals surface area contributed by atoms with Gasteiger partial charge in [-0.2, -0.15) is 4.98 Å². The number of carbonyl (C=O) groups is 1. The summed E-state index contributed by atoms with van der Waals surface area (Å²) < 4.78 is 5.53. The van der Waals surface area contributed by atoms with E-state index in [0.29, 0.717) is 24.8 Å². The van der Waals surface area contributed by atoms with Crippen LogP contribution in [-0.2, 0) is 11.3 Å². The molecule has 1 aromatic carbocycles. The summed E-state index contributed by atoms with van der Waals surface area (Å²) in [4.78, 5) is 24.4. The van der Waals surface area contributed by atoms with Gasteiger partial charge in [0.05, 0.1) is 11.5 Å². The standard InChI is InChI=1S/C25H29N5O2/c1-17-9-11-18(12-10-17)15-27-24(31)20-7-4-14-30(16-20)23-21(8-3-13-26-23)22-28-25(32-29-22)19-5-2-6-19/h3,8-13,19-20H,2,4-7,14-16H2,1H3,(H,27,31)/t20-/m1/s1. The first kappa shape index (κ1) is 20.7. The van der Waals surface area contributed by atoms with Crippen molar-refractivity contribution in [1.82, 2.24) is 20.4 Å². The molecule has 2 fully saturated rings. The quantitative estimate of drug-likeness (QED) is 0.628. The Balaban J connectivity index is 1.27. The van der Waals surface area contributed by atoms with Gasteiger partial charge in [-0.05, 0) is 50.3 Å². The molecule has 1 N–H and O–H groups in total. The Morgan fingerprint density at radius 2 is 2.00 bits per heavy atom. The van der Waals surface area contributed by atoms with E-state index in [4.69, 9.17) is 4.52 Å². The zero-order valence-corrected chi connectivity index (χ0v) is 18.5. The molecule has 7 heteroatoms. The molecule has 3 heterocycles. The van der Waals surface area contributed by atoms with E-state index in [1.165, 1.54) is 12.0 Å². The highest BCUT2D eigenvalue weighted by Gasteiger charge is 2.30. The lowest BCUT2D eigenvalue weighted by molar-refractivity contribution is -0.125. The molecular formula is C25H29N5O2. The number of nitrogens with one attached hydrogen (secondary N) is 1. The van der Waals surface area contributed by atoms with Gasteiger partial charge >= 0.3 is 0 Å². The molecular weight excluding hydrogens is 402 g/mol. The zero-order valence-electron chi connectivity index (χ0n) is 18.5. The first-order valence-corrected chi connectivity index (χ1v) is 11.5. The largest absolute Gasteiger partial charge is 0.355 e. The maximum Gasteiger partial charge on any atom is 0.230 e. The van der Waals surface area contributed by atoms with E-state index in [0.717, 1.165) is 55.1 Å². The Morgan fingerprint density at radius 1 is 1.16 bits per heavy atom. The normalized spacial score (nSPS) is 18.9. The van der Waals surface area contributed by atoms with E-state index in [1.807, 2.05) is 12.1 Å². The summed E-state index contributed by atoms with van der Waals surface area (Å²) in [6.07, 6.45) is 7.07. The first-order valence-electron chi connectivity index (χ1n) is 11.5. The minimum atomic E-state index is -0.0696. The predicted molar refractivity (Wildman–Crippen MR) is 122 cm³/mol. The van der Waals surface area contributed by atoms with Crippen molar-refractivity contribution in [2.45, 2.75) is 51.5 Å². The zero-order chi connectivity index (χ0) is 21.9. The summed E-state index contributed by atoms with van der Waals surface area (Å²) in [6.45, 7) is 4.11. The van der Waals surface area contributed by atoms with Gasteiger partial charge in [-0.1, -0.05) is 41.4 Å². The summed E-state index contributed by atoms with van der Waals surface area (Å²) >= 11 is 0. The van der Waals surface area contributed by atoms with Crippen molar-refractivity contribution in [2.24, 2.45) is 5.92 Å². The highest BCUT2D eigenvalue weighted by Crippen LogP contribution is 2.37. The number of nitrogens with zero attached hydrogens (tertiary/aromatic N) is 4. The van der Waals surface area contributed by atoms with Gasteiger partial charge in [0.1, 0.15) is 5.82 Å². The van der Waals surface area contributed by atoms with Gasteiger partial charge in [-0.25, -0.2) is 4.98 Å². The van der Waals surface area contributed by atoms with Crippen LogP contribution >= 0.6 is 0 Å². The summed E-state index contributed by atoms with van der Waals surface area (Å²) in [5, 5.41) is 7.35. The molecule has 0 spiro atoms. The van der Waals surface area contributed by atoms with E-state index in [9.17, 15) is 4.79 Å². The lowest BCUT2D eigenvalue weighted by Crippen LogP contribution is -2.43. The van der Waals surface area contributed by atoms with Crippen LogP contribution in [0.4, 0.5) is 5.82 Å². The number of carbonyl (C=O) groups excluding carboxylic acids is 1. The van der Waals surface area contributed by atoms with Gasteiger partial charge in [0.25, 0.3) is 0 Å². The molecule has 1 amide bonds. The molecule has 1 atom stereocenters. The first-order chi connectivity index (χ1) is 15.7. The average Bonchev–Trinajstić information content (AvgIpc) is 3.26. The van der Waals surface area contributed by atoms with Crippen molar-refractivity contribution in [3.8, 4) is 11.4 Å². The second kappa shape index (κ2) is 9.10. The van der Waals surface area contributed by atoms with Gasteiger partial charge < -0.3 is 14.7 Å². The van der Waals surface area contributed by atoms with Crippen molar-refractivity contribution >= 4 is 11.7 Å². The van der Waals surface area contributed by atoms with Crippen LogP contribution in [0.1, 0.15) is 55.0 Å². The van der Waals surface area contributed by atoms with Crippen molar-refractivity contribution in [3.05, 3.63) is 59.6 Å². The minimum absolute atomic E-state index is 0.0696. The van der Waals surface area contributed by atoms with E-state index < -0.39 is 0 Å². The number of rotatable bonds is 6. The predicted octanol–water partition coefficient (Wildman–Crippen LogP) is 4.24. The number of pyridine rings is 1. The Kier molecular flexibility index (Phi) is 5.88. The van der Waals surface area contributed by atoms with Crippen LogP contribution in [0.3, 0.4) is 0 Å². The lowest BCUT2D eigenvalue weighted by Gasteiger charge is -2.33. The molecule has 2 aromatic heterocycles. The Labute approximate surface area is 188 Å². The molecule has 1 saturated heterocycles. The van der Waals surface area contributed by atoms with Gasteiger partial charge in [0.2, 0.25) is 17.6 Å². The molecule has 1 aliphatic heterocycles. The topological polar surface area (TPSA) is 84.2 Å². The molecule has 1 aliphatic carbocycles. The van der Waals surface area contributed by atoms with Gasteiger partial charge in [0.15, 0.2) is 0 Å². The lowest BCUT2D eigenvalue weighted by atomic mass is 9.85. The number of amides is 1. The fourth-order valence-electron chi connectivity index (χ4n) is 4.41. The number of aromatic nitrogens is 3. The summed E-state index contributed by atoms with van der Waals surface area (Å²) in [6, 6.07) is 12.1. The monoisotopic (exact) mass is 431 g/mol. The third kappa shape index (κ3) is 4.38. The average molecular weight is 432 g/mol. The molecule has 0 unspecified atom stereocenters. The molecule has 32 heavy (non-hydrogen) atoms. The number of hydrogen-bond acceptors (Lipinski definition) is 6. The van der Waals surface area contributed by atoms with Gasteiger partial charge in [-0.15, -0.1) is 0 Å². The van der Waals surface area contributed by atoms with E-state index >= 15 is 0 Å². The Hall–Kier alpha value is -3.22. The molecule has 166 valence electrons. The number of anilines is 1. The maximum absolute atomic E-state index is 12.9. The summed E-state index contributed by atoms with van der Waals surface area (Å²) in [7, 11) is 0. The van der Waals surface area contributed by atoms with Crippen molar-refractivity contribution in [2.75, 3.05) is 18.0 Å². The van der Waals surface area contributed by atoms with Crippen LogP contribution in [0.15, 0.2) is 47.1 Å². The highest BCUT2D eigenvalue weighted by atomic mass is 16.5. The highest BCUT2D eigenvalue weighted by molar-refractivity contribution is 5.80. The Bertz CT molecular complexity index is 1070. The molecule has 7 nitrogen and oxygen atoms in total. The van der Waals surface area contributed by atoms with Gasteiger partial charge in [0, 0.05) is 31.7 Å². The second-order valence-electron chi connectivity index (χ2n) is 8.95. The molecule has 3 aromatic rings. The third-order valence-electron chi connectivity index (χ3n) is 6.60. The van der Waals surface area contributed by atoms with Crippen LogP contribution in [0.2, 0.25) is 0 Å². The van der Waals surface area contributed by atoms with Crippen molar-refractivity contribution in [3.63, 3.8) is 0 Å². The molecule has 0 bridgehead atoms. The number of aryl methyl sites for hydroxylation is 1. The van der Waals surface area contributed by atoms with Crippen molar-refractivity contribution < 1.29 is 9.32 Å². The van der Waals surface area contributed by atoms with E-state index in [1.54, 1.807) is 6.20 Å². The van der Waals surface area contributed by atoms with Crippen LogP contribution in [0.5, 0.6) is 0 Å². The number of hydrogen-bond donors (Lipinski definition) is 1. The van der Waals surface area contributed by atoms with Crippen molar-refractivity contribution in [1.29, 1.82) is 0 Å². The second-order valence-corrected chi connectivity index (χ2v) is 8.95. The van der Waals surface area contributed by atoms with Crippen LogP contribution in [-0.4, -0.2) is 34.1 Å². The molecule has 0 radical (unpaired) electrons. The third-order valence-corrected chi connectivity index (χ3v) is 6.60. The van der Waals surface area contributed by atoms with Crippen LogP contribution in [0.25, 0.3) is 11.4 Å². The van der Waals surface area contributed by atoms with Crippen LogP contribution in [0, 0.1) is 12.8 Å². The number of piperidine rings is 1. The van der Waals surface area contributed by atoms with E-state index in [-0.39, 0.29) is 11.8 Å². The Morgan fingerprint density at radius 3 is 2.78 bits per heavy atom. The fraction of sp³-hybridized carbons (Fsp3) is 0.440. The number of benzene rings is 1. The van der Waals surface area contributed by atoms with E-state index in [2.05, 4.69) is 56.5 Å². The molecule has 2 aliphatic rings. The molecule has 1 saturated carbocycles. The summed E-state index contributed by atoms with van der Waals surface area (Å²) in [5.74, 6) is 2.56.